The predicted octanol–water partition coefficient (Wildman–Crippen LogP) is 5.47. The first-order chi connectivity index (χ1) is 21.2. The summed E-state index contributed by atoms with van der Waals surface area (Å²) < 4.78 is 10.0. The van der Waals surface area contributed by atoms with E-state index in [-0.39, 0.29) is 40.5 Å². The number of hydrogen-bond acceptors (Lipinski definition) is 9. The van der Waals surface area contributed by atoms with Crippen molar-refractivity contribution in [2.24, 2.45) is 22.7 Å². The van der Waals surface area contributed by atoms with E-state index in [0.717, 1.165) is 43.2 Å². The summed E-state index contributed by atoms with van der Waals surface area (Å²) in [5.41, 5.74) is 1.13. The van der Waals surface area contributed by atoms with Gasteiger partial charge in [-0.3, -0.25) is 14.3 Å². The molecule has 44 heavy (non-hydrogen) atoms. The van der Waals surface area contributed by atoms with Gasteiger partial charge in [-0.2, -0.15) is 0 Å². The van der Waals surface area contributed by atoms with Crippen molar-refractivity contribution >= 4 is 41.1 Å². The molecule has 3 N–H and O–H groups in total. The van der Waals surface area contributed by atoms with Gasteiger partial charge in [0.1, 0.15) is 22.6 Å². The van der Waals surface area contributed by atoms with Gasteiger partial charge >= 0.3 is 0 Å². The van der Waals surface area contributed by atoms with Crippen LogP contribution in [0.2, 0.25) is 5.15 Å². The summed E-state index contributed by atoms with van der Waals surface area (Å²) in [4.78, 5) is 34.6. The lowest BCUT2D eigenvalue weighted by molar-refractivity contribution is -0.123. The van der Waals surface area contributed by atoms with Crippen LogP contribution in [0.25, 0.3) is 5.82 Å². The molecule has 0 bridgehead atoms. The van der Waals surface area contributed by atoms with Crippen LogP contribution >= 0.6 is 23.5 Å². The molecule has 1 atom stereocenters. The smallest absolute Gasteiger partial charge is 0.264 e. The summed E-state index contributed by atoms with van der Waals surface area (Å²) in [6.07, 6.45) is 9.92. The third-order valence-electron chi connectivity index (χ3n) is 9.89. The fourth-order valence-corrected chi connectivity index (χ4v) is 8.31. The molecule has 1 aliphatic heterocycles. The number of anilines is 1. The molecule has 10 nitrogen and oxygen atoms in total. The van der Waals surface area contributed by atoms with Crippen LogP contribution in [-0.2, 0) is 4.79 Å². The standard InChI is InChI=1S/C32H38ClN7O3S/c1-30(2)17-20(18-35-30)5-4-15-34-23-6-3-7-26(36-23)44-39-29(42)21-8-9-24(37-28(21)33)40-16-10-25(38-40)43-19-22(41)27-31(11-12-31)32(27)13-14-32/h3,6-10,16,20,27,35H,4-5,11-15,17-19H2,1-2H3,(H,34,36)(H,39,42). The van der Waals surface area contributed by atoms with Gasteiger partial charge in [0.05, 0.1) is 5.56 Å². The van der Waals surface area contributed by atoms with Crippen molar-refractivity contribution in [2.45, 2.75) is 69.4 Å². The molecule has 232 valence electrons. The lowest BCUT2D eigenvalue weighted by Crippen LogP contribution is -2.31. The van der Waals surface area contributed by atoms with Crippen LogP contribution in [0.4, 0.5) is 5.82 Å². The van der Waals surface area contributed by atoms with Gasteiger partial charge in [-0.15, -0.1) is 5.10 Å². The molecular weight excluding hydrogens is 598 g/mol. The molecule has 4 aliphatic rings. The van der Waals surface area contributed by atoms with Gasteiger partial charge in [-0.1, -0.05) is 17.7 Å². The van der Waals surface area contributed by atoms with Crippen LogP contribution in [-0.4, -0.2) is 56.7 Å². The Bertz CT molecular complexity index is 1570. The quantitative estimate of drug-likeness (QED) is 0.127. The second-order valence-electron chi connectivity index (χ2n) is 13.4. The molecule has 4 fully saturated rings. The Morgan fingerprint density at radius 2 is 1.91 bits per heavy atom. The van der Waals surface area contributed by atoms with Gasteiger partial charge in [0.2, 0.25) is 5.88 Å². The number of carbonyl (C=O) groups is 2. The van der Waals surface area contributed by atoms with Gasteiger partial charge in [0.25, 0.3) is 5.91 Å². The second kappa shape index (κ2) is 11.3. The molecular formula is C32H38ClN7O3S. The number of ketones is 1. The zero-order chi connectivity index (χ0) is 30.5. The van der Waals surface area contributed by atoms with Crippen LogP contribution in [0, 0.1) is 22.7 Å². The van der Waals surface area contributed by atoms with Crippen molar-refractivity contribution in [3.63, 3.8) is 0 Å². The molecule has 3 saturated carbocycles. The number of carbonyl (C=O) groups excluding carboxylic acids is 2. The monoisotopic (exact) mass is 635 g/mol. The van der Waals surface area contributed by atoms with E-state index in [0.29, 0.717) is 27.6 Å². The van der Waals surface area contributed by atoms with Gasteiger partial charge in [0, 0.05) is 42.2 Å². The van der Waals surface area contributed by atoms with Gasteiger partial charge in [-0.25, -0.2) is 14.6 Å². The normalized spacial score (nSPS) is 21.8. The van der Waals surface area contributed by atoms with Crippen molar-refractivity contribution < 1.29 is 14.3 Å². The second-order valence-corrected chi connectivity index (χ2v) is 14.6. The molecule has 1 saturated heterocycles. The third-order valence-corrected chi connectivity index (χ3v) is 10.9. The minimum absolute atomic E-state index is 0.0426. The van der Waals surface area contributed by atoms with Crippen molar-refractivity contribution in [3.05, 3.63) is 53.3 Å². The van der Waals surface area contributed by atoms with Gasteiger partial charge in [-0.05, 0) is 106 Å². The number of nitrogens with one attached hydrogen (secondary N) is 3. The molecule has 1 unspecified atom stereocenters. The molecule has 3 aromatic heterocycles. The van der Waals surface area contributed by atoms with Gasteiger partial charge < -0.3 is 15.4 Å². The average molecular weight is 636 g/mol. The maximum Gasteiger partial charge on any atom is 0.264 e. The minimum atomic E-state index is -0.378. The molecule has 7 rings (SSSR count). The summed E-state index contributed by atoms with van der Waals surface area (Å²) in [6, 6.07) is 10.6. The fourth-order valence-electron chi connectivity index (χ4n) is 7.48. The topological polar surface area (TPSA) is 123 Å². The molecule has 4 heterocycles. The number of amides is 1. The van der Waals surface area contributed by atoms with E-state index in [4.69, 9.17) is 16.3 Å². The third kappa shape index (κ3) is 5.81. The van der Waals surface area contributed by atoms with E-state index >= 15 is 0 Å². The van der Waals surface area contributed by atoms with Crippen LogP contribution in [0.3, 0.4) is 0 Å². The molecule has 0 aromatic carbocycles. The van der Waals surface area contributed by atoms with E-state index in [1.165, 1.54) is 43.2 Å². The first-order valence-corrected chi connectivity index (χ1v) is 16.7. The van der Waals surface area contributed by atoms with Crippen LogP contribution in [0.1, 0.15) is 69.2 Å². The Labute approximate surface area is 266 Å². The molecule has 3 aromatic rings. The Balaban J connectivity index is 0.873. The van der Waals surface area contributed by atoms with E-state index in [2.05, 4.69) is 44.3 Å². The van der Waals surface area contributed by atoms with E-state index in [1.54, 1.807) is 24.4 Å². The minimum Gasteiger partial charge on any atom is -0.469 e. The van der Waals surface area contributed by atoms with E-state index in [1.807, 2.05) is 18.2 Å². The van der Waals surface area contributed by atoms with Crippen molar-refractivity contribution in [1.29, 1.82) is 0 Å². The largest absolute Gasteiger partial charge is 0.469 e. The van der Waals surface area contributed by atoms with Crippen molar-refractivity contribution in [1.82, 2.24) is 29.8 Å². The lowest BCUT2D eigenvalue weighted by atomic mass is 9.94. The summed E-state index contributed by atoms with van der Waals surface area (Å²) in [7, 11) is 0. The average Bonchev–Trinajstić information content (AvgIpc) is 3.96. The first kappa shape index (κ1) is 29.6. The highest BCUT2D eigenvalue weighted by atomic mass is 35.5. The first-order valence-electron chi connectivity index (χ1n) is 15.5. The van der Waals surface area contributed by atoms with Crippen LogP contribution in [0.15, 0.2) is 47.6 Å². The number of nitrogens with zero attached hydrogens (tertiary/aromatic N) is 4. The lowest BCUT2D eigenvalue weighted by Gasteiger charge is -2.17. The van der Waals surface area contributed by atoms with E-state index in [9.17, 15) is 9.59 Å². The number of hydrogen-bond donors (Lipinski definition) is 3. The number of rotatable bonds is 13. The molecule has 0 radical (unpaired) electrons. The van der Waals surface area contributed by atoms with Crippen LogP contribution in [0.5, 0.6) is 5.88 Å². The zero-order valence-corrected chi connectivity index (χ0v) is 26.6. The molecule has 2 spiro atoms. The summed E-state index contributed by atoms with van der Waals surface area (Å²) in [5.74, 6) is 2.28. The highest BCUT2D eigenvalue weighted by Crippen LogP contribution is 2.92. The number of Topliss-reactive ketones (excluding diaryl/α,β-unsaturated/α-hetero) is 1. The molecule has 1 amide bonds. The van der Waals surface area contributed by atoms with Crippen LogP contribution < -0.4 is 20.1 Å². The number of halogens is 1. The van der Waals surface area contributed by atoms with E-state index < -0.39 is 0 Å². The molecule has 3 aliphatic carbocycles. The summed E-state index contributed by atoms with van der Waals surface area (Å²) in [5, 5.41) is 12.1. The Kier molecular flexibility index (Phi) is 7.61. The Hall–Kier alpha value is -3.15. The van der Waals surface area contributed by atoms with Crippen molar-refractivity contribution in [2.75, 3.05) is 25.0 Å². The molecule has 12 heteroatoms. The number of aromatic nitrogens is 4. The number of fused-ring (bicyclic) bond motifs is 1. The zero-order valence-electron chi connectivity index (χ0n) is 25.1. The maximum atomic E-state index is 12.9. The highest BCUT2D eigenvalue weighted by molar-refractivity contribution is 7.97. The summed E-state index contributed by atoms with van der Waals surface area (Å²) >= 11 is 7.53. The van der Waals surface area contributed by atoms with Crippen molar-refractivity contribution in [3.8, 4) is 11.7 Å². The SMILES string of the molecule is CC1(C)CC(CCCNc2cccc(SNC(=O)c3ccc(-n4ccc(OCC(=O)C5C6(CC6)C56CC6)n4)nc3Cl)n2)CN1. The maximum absolute atomic E-state index is 12.9. The highest BCUT2D eigenvalue weighted by Gasteiger charge is 2.88. The summed E-state index contributed by atoms with van der Waals surface area (Å²) in [6.45, 7) is 6.50. The van der Waals surface area contributed by atoms with Gasteiger partial charge in [0.15, 0.2) is 11.6 Å². The predicted molar refractivity (Wildman–Crippen MR) is 169 cm³/mol. The fraction of sp³-hybridized carbons (Fsp3) is 0.531. The number of ether oxygens (including phenoxy) is 1. The Morgan fingerprint density at radius 3 is 2.61 bits per heavy atom. The number of pyridine rings is 2. The Morgan fingerprint density at radius 1 is 1.11 bits per heavy atom.